The van der Waals surface area contributed by atoms with Crippen LogP contribution in [-0.2, 0) is 0 Å². The van der Waals surface area contributed by atoms with Gasteiger partial charge in [0.05, 0.1) is 0 Å². The standard InChI is InChI=1S/C12H12F3NS/c13-12(14,15)11(5-6-11)16-9-7-17-10-4-2-1-3-8(9)10/h1-4,9,16H,5-7H2. The summed E-state index contributed by atoms with van der Waals surface area (Å²) in [5.74, 6) is 0.692. The average Bonchev–Trinajstić information content (AvgIpc) is 2.95. The van der Waals surface area contributed by atoms with Gasteiger partial charge >= 0.3 is 6.18 Å². The van der Waals surface area contributed by atoms with Crippen molar-refractivity contribution in [1.29, 1.82) is 0 Å². The van der Waals surface area contributed by atoms with Crippen molar-refractivity contribution >= 4 is 11.8 Å². The van der Waals surface area contributed by atoms with Gasteiger partial charge in [0.25, 0.3) is 0 Å². The van der Waals surface area contributed by atoms with Gasteiger partial charge in [-0.25, -0.2) is 0 Å². The van der Waals surface area contributed by atoms with Crippen LogP contribution in [0.15, 0.2) is 29.2 Å². The lowest BCUT2D eigenvalue weighted by Crippen LogP contribution is -2.46. The van der Waals surface area contributed by atoms with Crippen molar-refractivity contribution in [3.8, 4) is 0 Å². The SMILES string of the molecule is FC(F)(F)C1(NC2CSc3ccccc32)CC1. The van der Waals surface area contributed by atoms with Gasteiger partial charge in [0, 0.05) is 16.7 Å². The van der Waals surface area contributed by atoms with E-state index in [-0.39, 0.29) is 18.9 Å². The van der Waals surface area contributed by atoms with Crippen LogP contribution in [0, 0.1) is 0 Å². The summed E-state index contributed by atoms with van der Waals surface area (Å²) >= 11 is 1.63. The van der Waals surface area contributed by atoms with Gasteiger partial charge < -0.3 is 0 Å². The quantitative estimate of drug-likeness (QED) is 0.872. The van der Waals surface area contributed by atoms with Gasteiger partial charge in [-0.3, -0.25) is 5.32 Å². The van der Waals surface area contributed by atoms with E-state index in [1.165, 1.54) is 0 Å². The van der Waals surface area contributed by atoms with Gasteiger partial charge in [-0.2, -0.15) is 13.2 Å². The number of nitrogens with one attached hydrogen (secondary N) is 1. The molecule has 1 atom stereocenters. The minimum Gasteiger partial charge on any atom is -0.296 e. The van der Waals surface area contributed by atoms with Crippen LogP contribution in [0.5, 0.6) is 0 Å². The fraction of sp³-hybridized carbons (Fsp3) is 0.500. The minimum atomic E-state index is -4.13. The van der Waals surface area contributed by atoms with Gasteiger partial charge in [0.15, 0.2) is 0 Å². The Hall–Kier alpha value is -0.680. The first-order valence-electron chi connectivity index (χ1n) is 5.58. The maximum Gasteiger partial charge on any atom is 0.406 e. The summed E-state index contributed by atoms with van der Waals surface area (Å²) in [7, 11) is 0. The number of hydrogen-bond donors (Lipinski definition) is 1. The van der Waals surface area contributed by atoms with Crippen LogP contribution in [0.1, 0.15) is 24.4 Å². The first-order chi connectivity index (χ1) is 8.02. The van der Waals surface area contributed by atoms with Crippen molar-refractivity contribution in [3.05, 3.63) is 29.8 Å². The fourth-order valence-corrected chi connectivity index (χ4v) is 3.41. The third kappa shape index (κ3) is 1.85. The highest BCUT2D eigenvalue weighted by atomic mass is 32.2. The highest BCUT2D eigenvalue weighted by Crippen LogP contribution is 2.51. The van der Waals surface area contributed by atoms with E-state index in [2.05, 4.69) is 5.32 Å². The zero-order valence-electron chi connectivity index (χ0n) is 9.05. The topological polar surface area (TPSA) is 12.0 Å². The number of alkyl halides is 3. The maximum absolute atomic E-state index is 12.9. The van der Waals surface area contributed by atoms with Crippen molar-refractivity contribution in [1.82, 2.24) is 5.32 Å². The van der Waals surface area contributed by atoms with E-state index in [1.54, 1.807) is 11.8 Å². The second kappa shape index (κ2) is 3.65. The monoisotopic (exact) mass is 259 g/mol. The van der Waals surface area contributed by atoms with E-state index in [0.717, 1.165) is 10.5 Å². The lowest BCUT2D eigenvalue weighted by atomic mass is 10.1. The third-order valence-electron chi connectivity index (χ3n) is 3.44. The van der Waals surface area contributed by atoms with Crippen LogP contribution in [-0.4, -0.2) is 17.5 Å². The van der Waals surface area contributed by atoms with Crippen LogP contribution in [0.25, 0.3) is 0 Å². The largest absolute Gasteiger partial charge is 0.406 e. The number of halogens is 3. The van der Waals surface area contributed by atoms with E-state index in [0.29, 0.717) is 5.75 Å². The van der Waals surface area contributed by atoms with Gasteiger partial charge in [-0.05, 0) is 24.5 Å². The summed E-state index contributed by atoms with van der Waals surface area (Å²) in [6.07, 6.45) is -3.71. The Bertz CT molecular complexity index is 440. The van der Waals surface area contributed by atoms with Crippen molar-refractivity contribution in [3.63, 3.8) is 0 Å². The number of fused-ring (bicyclic) bond motifs is 1. The number of hydrogen-bond acceptors (Lipinski definition) is 2. The van der Waals surface area contributed by atoms with Crippen LogP contribution in [0.3, 0.4) is 0 Å². The van der Waals surface area contributed by atoms with Crippen LogP contribution >= 0.6 is 11.8 Å². The lowest BCUT2D eigenvalue weighted by Gasteiger charge is -2.25. The summed E-state index contributed by atoms with van der Waals surface area (Å²) in [5, 5.41) is 2.82. The first-order valence-corrected chi connectivity index (χ1v) is 6.57. The van der Waals surface area contributed by atoms with E-state index in [4.69, 9.17) is 0 Å². The molecule has 1 unspecified atom stereocenters. The highest BCUT2D eigenvalue weighted by molar-refractivity contribution is 7.99. The smallest absolute Gasteiger partial charge is 0.296 e. The molecule has 5 heteroatoms. The summed E-state index contributed by atoms with van der Waals surface area (Å²) in [6.45, 7) is 0. The number of benzene rings is 1. The van der Waals surface area contributed by atoms with E-state index < -0.39 is 11.7 Å². The minimum absolute atomic E-state index is 0.166. The Balaban J connectivity index is 1.81. The van der Waals surface area contributed by atoms with Crippen molar-refractivity contribution in [2.24, 2.45) is 0 Å². The van der Waals surface area contributed by atoms with E-state index in [1.807, 2.05) is 24.3 Å². The number of thioether (sulfide) groups is 1. The zero-order valence-corrected chi connectivity index (χ0v) is 9.87. The van der Waals surface area contributed by atoms with Crippen molar-refractivity contribution < 1.29 is 13.2 Å². The van der Waals surface area contributed by atoms with Crippen LogP contribution in [0.4, 0.5) is 13.2 Å². The molecule has 0 amide bonds. The van der Waals surface area contributed by atoms with Gasteiger partial charge in [-0.15, -0.1) is 11.8 Å². The molecule has 1 fully saturated rings. The first kappa shape index (κ1) is 11.4. The normalized spacial score (nSPS) is 25.7. The summed E-state index contributed by atoms with van der Waals surface area (Å²) in [4.78, 5) is 1.10. The second-order valence-electron chi connectivity index (χ2n) is 4.63. The Kier molecular flexibility index (Phi) is 2.45. The zero-order chi connectivity index (χ0) is 12.1. The predicted octanol–water partition coefficient (Wildman–Crippen LogP) is 3.52. The van der Waals surface area contributed by atoms with Crippen molar-refractivity contribution in [2.75, 3.05) is 5.75 Å². The summed E-state index contributed by atoms with van der Waals surface area (Å²) < 4.78 is 38.6. The Morgan fingerprint density at radius 3 is 2.59 bits per heavy atom. The molecule has 0 aromatic heterocycles. The molecule has 1 aliphatic heterocycles. The highest BCUT2D eigenvalue weighted by Gasteiger charge is 2.64. The third-order valence-corrected chi connectivity index (χ3v) is 4.63. The molecule has 0 radical (unpaired) electrons. The molecule has 1 aromatic carbocycles. The summed E-state index contributed by atoms with van der Waals surface area (Å²) in [5.41, 5.74) is -0.608. The van der Waals surface area contributed by atoms with E-state index >= 15 is 0 Å². The average molecular weight is 259 g/mol. The molecule has 1 nitrogen and oxygen atoms in total. The Morgan fingerprint density at radius 2 is 1.94 bits per heavy atom. The molecular formula is C12H12F3NS. The number of rotatable bonds is 2. The summed E-state index contributed by atoms with van der Waals surface area (Å²) in [6, 6.07) is 7.52. The molecule has 0 saturated heterocycles. The molecule has 1 aromatic rings. The molecule has 17 heavy (non-hydrogen) atoms. The van der Waals surface area contributed by atoms with E-state index in [9.17, 15) is 13.2 Å². The maximum atomic E-state index is 12.9. The van der Waals surface area contributed by atoms with Gasteiger partial charge in [-0.1, -0.05) is 18.2 Å². The van der Waals surface area contributed by atoms with Gasteiger partial charge in [0.2, 0.25) is 0 Å². The molecule has 0 bridgehead atoms. The van der Waals surface area contributed by atoms with Crippen molar-refractivity contribution in [2.45, 2.75) is 35.5 Å². The molecule has 1 heterocycles. The second-order valence-corrected chi connectivity index (χ2v) is 5.69. The lowest BCUT2D eigenvalue weighted by molar-refractivity contribution is -0.167. The molecule has 2 aliphatic rings. The molecule has 0 spiro atoms. The molecule has 1 saturated carbocycles. The van der Waals surface area contributed by atoms with Crippen LogP contribution < -0.4 is 5.32 Å². The molecule has 92 valence electrons. The molecular weight excluding hydrogens is 247 g/mol. The fourth-order valence-electron chi connectivity index (χ4n) is 2.25. The molecule has 1 N–H and O–H groups in total. The Morgan fingerprint density at radius 1 is 1.24 bits per heavy atom. The Labute approximate surface area is 102 Å². The van der Waals surface area contributed by atoms with Gasteiger partial charge in [0.1, 0.15) is 5.54 Å². The molecule has 3 rings (SSSR count). The predicted molar refractivity (Wildman–Crippen MR) is 61.1 cm³/mol. The molecule has 1 aliphatic carbocycles. The van der Waals surface area contributed by atoms with Crippen LogP contribution in [0.2, 0.25) is 0 Å².